The van der Waals surface area contributed by atoms with Crippen molar-refractivity contribution in [1.82, 2.24) is 9.88 Å². The third-order valence-corrected chi connectivity index (χ3v) is 6.41. The fraction of sp³-hybridized carbons (Fsp3) is 0.286. The third-order valence-electron chi connectivity index (χ3n) is 5.43. The van der Waals surface area contributed by atoms with E-state index in [0.29, 0.717) is 34.6 Å². The number of carbonyl (C=O) groups excluding carboxylic acids is 1. The Morgan fingerprint density at radius 3 is 2.76 bits per heavy atom. The van der Waals surface area contributed by atoms with Crippen molar-refractivity contribution in [3.8, 4) is 0 Å². The number of aromatic nitrogens is 1. The van der Waals surface area contributed by atoms with E-state index in [1.54, 1.807) is 18.2 Å². The number of aliphatic hydroxyl groups is 1. The molecule has 1 aliphatic heterocycles. The van der Waals surface area contributed by atoms with Gasteiger partial charge in [0.25, 0.3) is 6.47 Å². The van der Waals surface area contributed by atoms with Gasteiger partial charge in [0.05, 0.1) is 22.7 Å². The Labute approximate surface area is 183 Å². The molecule has 0 spiro atoms. The normalized spacial score (nSPS) is 17.9. The van der Waals surface area contributed by atoms with Gasteiger partial charge in [0.2, 0.25) is 0 Å². The molecule has 3 aromatic rings. The van der Waals surface area contributed by atoms with Crippen LogP contribution in [0.3, 0.4) is 0 Å². The molecular formula is C21H19Cl3N2O3. The average Bonchev–Trinajstić information content (AvgIpc) is 3.07. The number of nitrogens with zero attached hydrogens (tertiary/aromatic N) is 1. The quantitative estimate of drug-likeness (QED) is 0.519. The lowest BCUT2D eigenvalue weighted by Crippen LogP contribution is -2.40. The van der Waals surface area contributed by atoms with Crippen LogP contribution in [0.4, 0.5) is 0 Å². The van der Waals surface area contributed by atoms with E-state index in [9.17, 15) is 9.90 Å². The molecule has 2 atom stereocenters. The van der Waals surface area contributed by atoms with Crippen molar-refractivity contribution in [2.24, 2.45) is 0 Å². The van der Waals surface area contributed by atoms with Gasteiger partial charge in [-0.05, 0) is 47.9 Å². The van der Waals surface area contributed by atoms with Gasteiger partial charge in [0.1, 0.15) is 6.10 Å². The third kappa shape index (κ3) is 3.98. The lowest BCUT2D eigenvalue weighted by molar-refractivity contribution is -0.135. The summed E-state index contributed by atoms with van der Waals surface area (Å²) in [7, 11) is 0. The number of fused-ring (bicyclic) bond motifs is 3. The van der Waals surface area contributed by atoms with Crippen molar-refractivity contribution < 1.29 is 14.6 Å². The molecule has 4 rings (SSSR count). The Morgan fingerprint density at radius 2 is 2.03 bits per heavy atom. The molecule has 0 aliphatic carbocycles. The SMILES string of the molecule is O=COC(CN1CCc2c([nH]c3ccc(Cl)cc23)C1CO)c1ccc(Cl)c(Cl)c1. The minimum Gasteiger partial charge on any atom is -0.458 e. The highest BCUT2D eigenvalue weighted by Crippen LogP contribution is 2.37. The van der Waals surface area contributed by atoms with Gasteiger partial charge in [-0.3, -0.25) is 9.69 Å². The molecule has 0 fully saturated rings. The van der Waals surface area contributed by atoms with E-state index in [1.807, 2.05) is 18.2 Å². The maximum absolute atomic E-state index is 11.1. The van der Waals surface area contributed by atoms with Crippen LogP contribution in [0.25, 0.3) is 10.9 Å². The Kier molecular flexibility index (Phi) is 6.04. The van der Waals surface area contributed by atoms with E-state index in [2.05, 4.69) is 9.88 Å². The molecule has 2 unspecified atom stereocenters. The Morgan fingerprint density at radius 1 is 1.21 bits per heavy atom. The topological polar surface area (TPSA) is 65.6 Å². The molecule has 0 saturated heterocycles. The van der Waals surface area contributed by atoms with Crippen molar-refractivity contribution >= 4 is 52.2 Å². The summed E-state index contributed by atoms with van der Waals surface area (Å²) in [6.45, 7) is 1.49. The predicted molar refractivity (Wildman–Crippen MR) is 115 cm³/mol. The Hall–Kier alpha value is -1.76. The first-order chi connectivity index (χ1) is 14.0. The maximum Gasteiger partial charge on any atom is 0.293 e. The summed E-state index contributed by atoms with van der Waals surface area (Å²) in [5.41, 5.74) is 3.87. The van der Waals surface area contributed by atoms with E-state index in [-0.39, 0.29) is 12.6 Å². The highest BCUT2D eigenvalue weighted by molar-refractivity contribution is 6.42. The van der Waals surface area contributed by atoms with Crippen LogP contribution in [-0.2, 0) is 16.0 Å². The van der Waals surface area contributed by atoms with Crippen LogP contribution >= 0.6 is 34.8 Å². The number of halogens is 3. The largest absolute Gasteiger partial charge is 0.458 e. The minimum atomic E-state index is -0.531. The van der Waals surface area contributed by atoms with E-state index in [1.165, 1.54) is 5.56 Å². The van der Waals surface area contributed by atoms with Gasteiger partial charge in [-0.1, -0.05) is 40.9 Å². The summed E-state index contributed by atoms with van der Waals surface area (Å²) in [6, 6.07) is 10.7. The first kappa shape index (κ1) is 20.5. The van der Waals surface area contributed by atoms with E-state index in [0.717, 1.165) is 28.6 Å². The summed E-state index contributed by atoms with van der Waals surface area (Å²) in [6.07, 6.45) is 0.262. The second-order valence-electron chi connectivity index (χ2n) is 7.04. The van der Waals surface area contributed by atoms with Gasteiger partial charge < -0.3 is 14.8 Å². The zero-order chi connectivity index (χ0) is 20.5. The van der Waals surface area contributed by atoms with Crippen molar-refractivity contribution in [3.63, 3.8) is 0 Å². The van der Waals surface area contributed by atoms with Crippen LogP contribution in [0.2, 0.25) is 15.1 Å². The molecule has 0 saturated carbocycles. The number of H-pyrrole nitrogens is 1. The summed E-state index contributed by atoms with van der Waals surface area (Å²) < 4.78 is 5.35. The van der Waals surface area contributed by atoms with Crippen LogP contribution in [0.5, 0.6) is 0 Å². The highest BCUT2D eigenvalue weighted by Gasteiger charge is 2.32. The number of carbonyl (C=O) groups is 1. The van der Waals surface area contributed by atoms with Crippen molar-refractivity contribution in [3.05, 3.63) is 68.3 Å². The average molecular weight is 454 g/mol. The van der Waals surface area contributed by atoms with Gasteiger partial charge in [-0.25, -0.2) is 0 Å². The summed E-state index contributed by atoms with van der Waals surface area (Å²) >= 11 is 18.3. The number of ether oxygens (including phenoxy) is 1. The molecule has 0 radical (unpaired) electrons. The number of benzene rings is 2. The molecule has 1 aliphatic rings. The fourth-order valence-corrected chi connectivity index (χ4v) is 4.51. The number of hydrogen-bond donors (Lipinski definition) is 2. The van der Waals surface area contributed by atoms with Crippen LogP contribution < -0.4 is 0 Å². The van der Waals surface area contributed by atoms with E-state index >= 15 is 0 Å². The zero-order valence-corrected chi connectivity index (χ0v) is 17.6. The lowest BCUT2D eigenvalue weighted by Gasteiger charge is -2.36. The summed E-state index contributed by atoms with van der Waals surface area (Å²) in [5, 5.41) is 12.7. The molecule has 5 nitrogen and oxygen atoms in total. The van der Waals surface area contributed by atoms with Crippen molar-refractivity contribution in [2.45, 2.75) is 18.6 Å². The fourth-order valence-electron chi connectivity index (χ4n) is 4.03. The molecule has 8 heteroatoms. The van der Waals surface area contributed by atoms with Gasteiger partial charge >= 0.3 is 0 Å². The summed E-state index contributed by atoms with van der Waals surface area (Å²) in [4.78, 5) is 16.6. The first-order valence-corrected chi connectivity index (χ1v) is 10.3. The van der Waals surface area contributed by atoms with Crippen LogP contribution in [0.1, 0.15) is 29.0 Å². The predicted octanol–water partition coefficient (Wildman–Crippen LogP) is 4.93. The Balaban J connectivity index is 1.65. The second-order valence-corrected chi connectivity index (χ2v) is 8.30. The minimum absolute atomic E-state index is 0.0667. The monoisotopic (exact) mass is 452 g/mol. The molecule has 0 amide bonds. The van der Waals surface area contributed by atoms with Gasteiger partial charge in [-0.2, -0.15) is 0 Å². The molecular weight excluding hydrogens is 435 g/mol. The molecule has 0 bridgehead atoms. The first-order valence-electron chi connectivity index (χ1n) is 9.20. The molecule has 2 N–H and O–H groups in total. The van der Waals surface area contributed by atoms with Gasteiger partial charge in [0, 0.05) is 34.7 Å². The van der Waals surface area contributed by atoms with Crippen LogP contribution in [-0.4, -0.2) is 41.2 Å². The van der Waals surface area contributed by atoms with E-state index < -0.39 is 6.10 Å². The van der Waals surface area contributed by atoms with Crippen LogP contribution in [0, 0.1) is 0 Å². The van der Waals surface area contributed by atoms with E-state index in [4.69, 9.17) is 39.5 Å². The van der Waals surface area contributed by atoms with Crippen LogP contribution in [0.15, 0.2) is 36.4 Å². The number of hydrogen-bond acceptors (Lipinski definition) is 4. The van der Waals surface area contributed by atoms with Crippen molar-refractivity contribution in [2.75, 3.05) is 19.7 Å². The molecule has 1 aromatic heterocycles. The Bertz CT molecular complexity index is 1050. The molecule has 2 aromatic carbocycles. The number of rotatable bonds is 6. The molecule has 29 heavy (non-hydrogen) atoms. The lowest BCUT2D eigenvalue weighted by atomic mass is 9.96. The van der Waals surface area contributed by atoms with Gasteiger partial charge in [0.15, 0.2) is 0 Å². The maximum atomic E-state index is 11.1. The second kappa shape index (κ2) is 8.54. The molecule has 152 valence electrons. The standard InChI is InChI=1S/C21H19Cl3N2O3/c22-13-2-4-18-15(8-13)14-5-6-26(19(10-27)21(14)25-18)9-20(29-11-28)12-1-3-16(23)17(24)7-12/h1-4,7-8,11,19-20,25,27H,5-6,9-10H2. The smallest absolute Gasteiger partial charge is 0.293 e. The molecule has 2 heterocycles. The number of aromatic amines is 1. The number of aliphatic hydroxyl groups excluding tert-OH is 1. The van der Waals surface area contributed by atoms with Crippen molar-refractivity contribution in [1.29, 1.82) is 0 Å². The summed E-state index contributed by atoms with van der Waals surface area (Å²) in [5.74, 6) is 0. The number of nitrogens with one attached hydrogen (secondary N) is 1. The highest BCUT2D eigenvalue weighted by atomic mass is 35.5. The van der Waals surface area contributed by atoms with Gasteiger partial charge in [-0.15, -0.1) is 0 Å². The zero-order valence-electron chi connectivity index (χ0n) is 15.4.